The van der Waals surface area contributed by atoms with Gasteiger partial charge >= 0.3 is 0 Å². The average Bonchev–Trinajstić information content (AvgIpc) is 2.88. The van der Waals surface area contributed by atoms with Crippen molar-refractivity contribution < 1.29 is 9.59 Å². The molecule has 0 aromatic rings. The van der Waals surface area contributed by atoms with Crippen molar-refractivity contribution in [1.29, 1.82) is 0 Å². The highest BCUT2D eigenvalue weighted by molar-refractivity contribution is 5.97. The molecule has 0 radical (unpaired) electrons. The van der Waals surface area contributed by atoms with Crippen molar-refractivity contribution in [3.63, 3.8) is 0 Å². The predicted molar refractivity (Wildman–Crippen MR) is 71.6 cm³/mol. The van der Waals surface area contributed by atoms with Crippen LogP contribution in [0.3, 0.4) is 0 Å². The van der Waals surface area contributed by atoms with Gasteiger partial charge in [0.05, 0.1) is 0 Å². The molecule has 3 aliphatic heterocycles. The van der Waals surface area contributed by atoms with Gasteiger partial charge in [0.25, 0.3) is 0 Å². The summed E-state index contributed by atoms with van der Waals surface area (Å²) in [5.74, 6) is 0.347. The lowest BCUT2D eigenvalue weighted by Gasteiger charge is -2.46. The number of nitrogens with zero attached hydrogens (tertiary/aromatic N) is 3. The van der Waals surface area contributed by atoms with E-state index in [1.165, 1.54) is 0 Å². The molecule has 3 fully saturated rings. The molecule has 3 saturated heterocycles. The van der Waals surface area contributed by atoms with Gasteiger partial charge in [-0.15, -0.1) is 0 Å². The normalized spacial score (nSPS) is 34.0. The first-order valence-corrected chi connectivity index (χ1v) is 7.41. The third-order valence-corrected chi connectivity index (χ3v) is 4.93. The predicted octanol–water partition coefficient (Wildman–Crippen LogP) is 0.302. The zero-order chi connectivity index (χ0) is 13.6. The van der Waals surface area contributed by atoms with Gasteiger partial charge in [0.1, 0.15) is 12.1 Å². The highest BCUT2D eigenvalue weighted by Crippen LogP contribution is 2.30. The molecule has 0 aliphatic carbocycles. The van der Waals surface area contributed by atoms with Crippen LogP contribution in [0.5, 0.6) is 0 Å². The smallest absolute Gasteiger partial charge is 0.246 e. The van der Waals surface area contributed by atoms with Crippen LogP contribution in [0, 0.1) is 0 Å². The molecular weight excluding hydrogens is 242 g/mol. The molecule has 0 saturated carbocycles. The summed E-state index contributed by atoms with van der Waals surface area (Å²) in [4.78, 5) is 31.1. The zero-order valence-corrected chi connectivity index (χ0v) is 11.8. The minimum atomic E-state index is -0.268. The van der Waals surface area contributed by atoms with Gasteiger partial charge in [-0.1, -0.05) is 0 Å². The molecule has 2 atom stereocenters. The second-order valence-electron chi connectivity index (χ2n) is 6.15. The molecule has 19 heavy (non-hydrogen) atoms. The lowest BCUT2D eigenvalue weighted by Crippen LogP contribution is -2.65. The molecule has 0 aromatic carbocycles. The SMILES string of the molecule is CC1C(=O)N2CCCC2C(=O)N1C1CCN(C)CC1. The topological polar surface area (TPSA) is 43.9 Å². The number of carbonyl (C=O) groups is 2. The van der Waals surface area contributed by atoms with Crippen molar-refractivity contribution >= 4 is 11.8 Å². The maximum absolute atomic E-state index is 12.7. The Morgan fingerprint density at radius 3 is 2.37 bits per heavy atom. The molecule has 3 aliphatic rings. The number of fused-ring (bicyclic) bond motifs is 1. The minimum Gasteiger partial charge on any atom is -0.329 e. The first kappa shape index (κ1) is 12.9. The minimum absolute atomic E-state index is 0.154. The Balaban J connectivity index is 1.80. The molecule has 5 heteroatoms. The maximum Gasteiger partial charge on any atom is 0.246 e. The van der Waals surface area contributed by atoms with E-state index in [0.717, 1.165) is 45.3 Å². The Hall–Kier alpha value is -1.10. The molecule has 2 unspecified atom stereocenters. The van der Waals surface area contributed by atoms with Crippen molar-refractivity contribution in [3.8, 4) is 0 Å². The summed E-state index contributed by atoms with van der Waals surface area (Å²) in [6.07, 6.45) is 3.80. The summed E-state index contributed by atoms with van der Waals surface area (Å²) in [6.45, 7) is 4.70. The van der Waals surface area contributed by atoms with E-state index in [0.29, 0.717) is 0 Å². The number of amides is 2. The van der Waals surface area contributed by atoms with E-state index < -0.39 is 0 Å². The Morgan fingerprint density at radius 2 is 1.68 bits per heavy atom. The standard InChI is InChI=1S/C14H23N3O2/c1-10-13(18)16-7-3-4-12(16)14(19)17(10)11-5-8-15(2)9-6-11/h10-12H,3-9H2,1-2H3. The third-order valence-electron chi connectivity index (χ3n) is 4.93. The zero-order valence-electron chi connectivity index (χ0n) is 11.8. The number of carbonyl (C=O) groups excluding carboxylic acids is 2. The molecule has 2 amide bonds. The van der Waals surface area contributed by atoms with Crippen molar-refractivity contribution in [1.82, 2.24) is 14.7 Å². The van der Waals surface area contributed by atoms with Gasteiger partial charge < -0.3 is 14.7 Å². The first-order valence-electron chi connectivity index (χ1n) is 7.41. The number of hydrogen-bond acceptors (Lipinski definition) is 3. The van der Waals surface area contributed by atoms with Crippen LogP contribution in [0.15, 0.2) is 0 Å². The van der Waals surface area contributed by atoms with Crippen LogP contribution in [-0.2, 0) is 9.59 Å². The van der Waals surface area contributed by atoms with Crippen molar-refractivity contribution in [3.05, 3.63) is 0 Å². The van der Waals surface area contributed by atoms with Crippen molar-refractivity contribution in [2.45, 2.75) is 50.7 Å². The quantitative estimate of drug-likeness (QED) is 0.685. The Morgan fingerprint density at radius 1 is 1.00 bits per heavy atom. The van der Waals surface area contributed by atoms with E-state index in [-0.39, 0.29) is 29.9 Å². The Bertz CT molecular complexity index is 390. The second-order valence-corrected chi connectivity index (χ2v) is 6.15. The van der Waals surface area contributed by atoms with Gasteiger partial charge in [-0.3, -0.25) is 9.59 Å². The largest absolute Gasteiger partial charge is 0.329 e. The van der Waals surface area contributed by atoms with Gasteiger partial charge in [0, 0.05) is 12.6 Å². The first-order chi connectivity index (χ1) is 9.09. The molecule has 0 N–H and O–H groups in total. The van der Waals surface area contributed by atoms with Crippen LogP contribution in [0.25, 0.3) is 0 Å². The summed E-state index contributed by atoms with van der Waals surface area (Å²) < 4.78 is 0. The number of hydrogen-bond donors (Lipinski definition) is 0. The van der Waals surface area contributed by atoms with Gasteiger partial charge in [0.15, 0.2) is 0 Å². The fraction of sp³-hybridized carbons (Fsp3) is 0.857. The maximum atomic E-state index is 12.7. The molecule has 0 spiro atoms. The van der Waals surface area contributed by atoms with Gasteiger partial charge in [0.2, 0.25) is 11.8 Å². The Kier molecular flexibility index (Phi) is 3.25. The number of rotatable bonds is 1. The van der Waals surface area contributed by atoms with Gasteiger partial charge in [-0.25, -0.2) is 0 Å². The molecule has 0 bridgehead atoms. The van der Waals surface area contributed by atoms with Crippen LogP contribution in [0.1, 0.15) is 32.6 Å². The summed E-state index contributed by atoms with van der Waals surface area (Å²) in [5, 5.41) is 0. The number of likely N-dealkylation sites (tertiary alicyclic amines) is 1. The fourth-order valence-corrected chi connectivity index (χ4v) is 3.78. The van der Waals surface area contributed by atoms with Gasteiger partial charge in [-0.05, 0) is 52.7 Å². The summed E-state index contributed by atoms with van der Waals surface area (Å²) >= 11 is 0. The number of piperidine rings is 1. The molecule has 3 rings (SSSR count). The average molecular weight is 265 g/mol. The van der Waals surface area contributed by atoms with Crippen LogP contribution in [-0.4, -0.2) is 71.3 Å². The van der Waals surface area contributed by atoms with E-state index in [2.05, 4.69) is 11.9 Å². The third kappa shape index (κ3) is 2.04. The van der Waals surface area contributed by atoms with Crippen LogP contribution < -0.4 is 0 Å². The number of piperazine rings is 1. The fourth-order valence-electron chi connectivity index (χ4n) is 3.78. The second kappa shape index (κ2) is 4.78. The molecular formula is C14H23N3O2. The highest BCUT2D eigenvalue weighted by atomic mass is 16.2. The highest BCUT2D eigenvalue weighted by Gasteiger charge is 2.48. The lowest BCUT2D eigenvalue weighted by atomic mass is 9.97. The molecule has 106 valence electrons. The van der Waals surface area contributed by atoms with E-state index in [4.69, 9.17) is 0 Å². The monoisotopic (exact) mass is 265 g/mol. The van der Waals surface area contributed by atoms with E-state index >= 15 is 0 Å². The van der Waals surface area contributed by atoms with Gasteiger partial charge in [-0.2, -0.15) is 0 Å². The van der Waals surface area contributed by atoms with Crippen LogP contribution >= 0.6 is 0 Å². The summed E-state index contributed by atoms with van der Waals surface area (Å²) in [5.41, 5.74) is 0. The summed E-state index contributed by atoms with van der Waals surface area (Å²) in [6, 6.07) is -0.177. The Labute approximate surface area is 114 Å². The van der Waals surface area contributed by atoms with E-state index in [1.807, 2.05) is 11.8 Å². The van der Waals surface area contributed by atoms with E-state index in [9.17, 15) is 9.59 Å². The van der Waals surface area contributed by atoms with Crippen LogP contribution in [0.4, 0.5) is 0 Å². The molecule has 3 heterocycles. The summed E-state index contributed by atoms with van der Waals surface area (Å²) in [7, 11) is 2.11. The lowest BCUT2D eigenvalue weighted by molar-refractivity contribution is -0.162. The van der Waals surface area contributed by atoms with E-state index in [1.54, 1.807) is 4.90 Å². The van der Waals surface area contributed by atoms with Crippen molar-refractivity contribution in [2.75, 3.05) is 26.7 Å². The van der Waals surface area contributed by atoms with Crippen LogP contribution in [0.2, 0.25) is 0 Å². The molecule has 5 nitrogen and oxygen atoms in total. The van der Waals surface area contributed by atoms with Crippen molar-refractivity contribution in [2.24, 2.45) is 0 Å². The molecule has 0 aromatic heterocycles.